The monoisotopic (exact) mass is 355 g/mol. The Morgan fingerprint density at radius 1 is 1.15 bits per heavy atom. The number of hydrogen-bond donors (Lipinski definition) is 1. The molecule has 0 aliphatic heterocycles. The minimum atomic E-state index is 0.553. The Bertz CT molecular complexity index is 560. The van der Waals surface area contributed by atoms with Crippen molar-refractivity contribution in [1.82, 2.24) is 0 Å². The molecule has 0 aliphatic carbocycles. The number of ether oxygens (including phenoxy) is 2. The minimum Gasteiger partial charge on any atom is -0.495 e. The van der Waals surface area contributed by atoms with Gasteiger partial charge < -0.3 is 14.8 Å². The van der Waals surface area contributed by atoms with Gasteiger partial charge in [0.05, 0.1) is 12.8 Å². The summed E-state index contributed by atoms with van der Waals surface area (Å²) in [6, 6.07) is 13.2. The van der Waals surface area contributed by atoms with Gasteiger partial charge in [0.1, 0.15) is 18.1 Å². The number of halogens is 2. The predicted molar refractivity (Wildman–Crippen MR) is 86.1 cm³/mol. The van der Waals surface area contributed by atoms with Gasteiger partial charge in [-0.25, -0.2) is 0 Å². The molecule has 0 radical (unpaired) electrons. The van der Waals surface area contributed by atoms with Crippen molar-refractivity contribution in [2.45, 2.75) is 0 Å². The van der Waals surface area contributed by atoms with Crippen LogP contribution in [0.2, 0.25) is 5.02 Å². The van der Waals surface area contributed by atoms with Crippen molar-refractivity contribution in [2.24, 2.45) is 0 Å². The minimum absolute atomic E-state index is 0.553. The fourth-order valence-electron chi connectivity index (χ4n) is 1.70. The molecule has 2 aromatic carbocycles. The number of hydrogen-bond acceptors (Lipinski definition) is 3. The second-order valence-corrected chi connectivity index (χ2v) is 5.43. The zero-order valence-corrected chi connectivity index (χ0v) is 13.4. The maximum atomic E-state index is 5.97. The third-order valence-corrected chi connectivity index (χ3v) is 3.43. The average molecular weight is 357 g/mol. The molecule has 106 valence electrons. The van der Waals surface area contributed by atoms with Gasteiger partial charge >= 0.3 is 0 Å². The Labute approximate surface area is 132 Å². The first kappa shape index (κ1) is 15.0. The van der Waals surface area contributed by atoms with E-state index in [2.05, 4.69) is 21.2 Å². The summed E-state index contributed by atoms with van der Waals surface area (Å²) in [5.74, 6) is 1.60. The molecule has 0 fully saturated rings. The molecular weight excluding hydrogens is 342 g/mol. The van der Waals surface area contributed by atoms with Crippen molar-refractivity contribution in [3.63, 3.8) is 0 Å². The summed E-state index contributed by atoms with van der Waals surface area (Å²) in [5, 5.41) is 3.91. The van der Waals surface area contributed by atoms with Crippen molar-refractivity contribution in [2.75, 3.05) is 25.6 Å². The van der Waals surface area contributed by atoms with Crippen molar-refractivity contribution in [1.29, 1.82) is 0 Å². The standard InChI is InChI=1S/C15H15BrClNO2/c1-19-15-7-4-12(17)10-14(15)18-8-9-20-13-5-2-11(16)3-6-13/h2-7,10,18H,8-9H2,1H3. The normalized spacial score (nSPS) is 10.2. The molecule has 0 heterocycles. The van der Waals surface area contributed by atoms with Crippen molar-refractivity contribution >= 4 is 33.2 Å². The Morgan fingerprint density at radius 2 is 1.90 bits per heavy atom. The number of rotatable bonds is 6. The number of benzene rings is 2. The zero-order chi connectivity index (χ0) is 14.4. The molecule has 2 rings (SSSR count). The third-order valence-electron chi connectivity index (χ3n) is 2.66. The molecule has 0 amide bonds. The van der Waals surface area contributed by atoms with Gasteiger partial charge in [-0.2, -0.15) is 0 Å². The van der Waals surface area contributed by atoms with Gasteiger partial charge in [0, 0.05) is 16.0 Å². The van der Waals surface area contributed by atoms with Crippen LogP contribution in [0.3, 0.4) is 0 Å². The van der Waals surface area contributed by atoms with Crippen LogP contribution < -0.4 is 14.8 Å². The van der Waals surface area contributed by atoms with E-state index in [1.54, 1.807) is 13.2 Å². The SMILES string of the molecule is COc1ccc(Cl)cc1NCCOc1ccc(Br)cc1. The van der Waals surface area contributed by atoms with Crippen LogP contribution >= 0.6 is 27.5 Å². The van der Waals surface area contributed by atoms with Crippen molar-refractivity contribution in [3.8, 4) is 11.5 Å². The van der Waals surface area contributed by atoms with Crippen molar-refractivity contribution < 1.29 is 9.47 Å². The van der Waals surface area contributed by atoms with Crippen LogP contribution in [0.25, 0.3) is 0 Å². The summed E-state index contributed by atoms with van der Waals surface area (Å²) >= 11 is 9.35. The summed E-state index contributed by atoms with van der Waals surface area (Å²) in [4.78, 5) is 0. The van der Waals surface area contributed by atoms with Gasteiger partial charge in [0.15, 0.2) is 0 Å². The van der Waals surface area contributed by atoms with Gasteiger partial charge in [0.25, 0.3) is 0 Å². The molecule has 20 heavy (non-hydrogen) atoms. The quantitative estimate of drug-likeness (QED) is 0.767. The van der Waals surface area contributed by atoms with E-state index in [9.17, 15) is 0 Å². The van der Waals surface area contributed by atoms with Crippen molar-refractivity contribution in [3.05, 3.63) is 52.0 Å². The van der Waals surface area contributed by atoms with Crippen LogP contribution in [0.4, 0.5) is 5.69 Å². The van der Waals surface area contributed by atoms with Crippen LogP contribution in [-0.4, -0.2) is 20.3 Å². The Balaban J connectivity index is 1.84. The Morgan fingerprint density at radius 3 is 2.60 bits per heavy atom. The van der Waals surface area contributed by atoms with Gasteiger partial charge in [-0.15, -0.1) is 0 Å². The Hall–Kier alpha value is -1.39. The van der Waals surface area contributed by atoms with Gasteiger partial charge in [-0.1, -0.05) is 27.5 Å². The van der Waals surface area contributed by atoms with Crippen LogP contribution in [0.15, 0.2) is 46.9 Å². The summed E-state index contributed by atoms with van der Waals surface area (Å²) < 4.78 is 11.9. The topological polar surface area (TPSA) is 30.5 Å². The highest BCUT2D eigenvalue weighted by atomic mass is 79.9. The average Bonchev–Trinajstić information content (AvgIpc) is 2.46. The van der Waals surface area contributed by atoms with Crippen LogP contribution in [0.5, 0.6) is 11.5 Å². The zero-order valence-electron chi connectivity index (χ0n) is 11.0. The lowest BCUT2D eigenvalue weighted by atomic mass is 10.3. The molecule has 0 unspecified atom stereocenters. The second-order valence-electron chi connectivity index (χ2n) is 4.07. The molecule has 0 aromatic heterocycles. The molecule has 2 aromatic rings. The van der Waals surface area contributed by atoms with Gasteiger partial charge in [-0.3, -0.25) is 0 Å². The number of nitrogens with one attached hydrogen (secondary N) is 1. The van der Waals surface area contributed by atoms with Crippen LogP contribution in [0, 0.1) is 0 Å². The smallest absolute Gasteiger partial charge is 0.142 e. The molecule has 1 N–H and O–H groups in total. The van der Waals surface area contributed by atoms with E-state index in [0.717, 1.165) is 21.7 Å². The highest BCUT2D eigenvalue weighted by Crippen LogP contribution is 2.27. The summed E-state index contributed by atoms with van der Waals surface area (Å²) in [5.41, 5.74) is 0.861. The van der Waals surface area contributed by atoms with Gasteiger partial charge in [-0.05, 0) is 42.5 Å². The van der Waals surface area contributed by atoms with E-state index in [1.165, 1.54) is 0 Å². The lowest BCUT2D eigenvalue weighted by Gasteiger charge is -2.12. The molecule has 5 heteroatoms. The fraction of sp³-hybridized carbons (Fsp3) is 0.200. The third kappa shape index (κ3) is 4.32. The molecule has 0 bridgehead atoms. The maximum absolute atomic E-state index is 5.97. The summed E-state index contributed by atoms with van der Waals surface area (Å²) in [6.45, 7) is 1.21. The molecule has 0 spiro atoms. The van der Waals surface area contributed by atoms with E-state index in [4.69, 9.17) is 21.1 Å². The molecule has 0 saturated heterocycles. The molecule has 0 atom stereocenters. The first-order valence-electron chi connectivity index (χ1n) is 6.15. The van der Waals surface area contributed by atoms with E-state index in [0.29, 0.717) is 18.2 Å². The van der Waals surface area contributed by atoms with E-state index in [1.807, 2.05) is 36.4 Å². The fourth-order valence-corrected chi connectivity index (χ4v) is 2.14. The van der Waals surface area contributed by atoms with E-state index >= 15 is 0 Å². The van der Waals surface area contributed by atoms with E-state index in [-0.39, 0.29) is 0 Å². The van der Waals surface area contributed by atoms with Gasteiger partial charge in [0.2, 0.25) is 0 Å². The number of anilines is 1. The van der Waals surface area contributed by atoms with Crippen LogP contribution in [0.1, 0.15) is 0 Å². The largest absolute Gasteiger partial charge is 0.495 e. The molecular formula is C15H15BrClNO2. The maximum Gasteiger partial charge on any atom is 0.142 e. The molecule has 0 saturated carbocycles. The Kier molecular flexibility index (Phi) is 5.56. The molecule has 3 nitrogen and oxygen atoms in total. The first-order valence-corrected chi connectivity index (χ1v) is 7.32. The lowest BCUT2D eigenvalue weighted by Crippen LogP contribution is -2.12. The molecule has 0 aliphatic rings. The number of methoxy groups -OCH3 is 1. The van der Waals surface area contributed by atoms with E-state index < -0.39 is 0 Å². The second kappa shape index (κ2) is 7.41. The summed E-state index contributed by atoms with van der Waals surface area (Å²) in [6.07, 6.45) is 0. The lowest BCUT2D eigenvalue weighted by molar-refractivity contribution is 0.332. The predicted octanol–water partition coefficient (Wildman–Crippen LogP) is 4.60. The highest BCUT2D eigenvalue weighted by Gasteiger charge is 2.03. The van der Waals surface area contributed by atoms with Crippen LogP contribution in [-0.2, 0) is 0 Å². The first-order chi connectivity index (χ1) is 9.69. The summed E-state index contributed by atoms with van der Waals surface area (Å²) in [7, 11) is 1.63. The highest BCUT2D eigenvalue weighted by molar-refractivity contribution is 9.10.